The number of hydrogen-bond donors (Lipinski definition) is 1. The minimum absolute atomic E-state index is 0.134. The maximum atomic E-state index is 13.3. The highest BCUT2D eigenvalue weighted by atomic mass is 35.5. The van der Waals surface area contributed by atoms with Crippen molar-refractivity contribution in [2.45, 2.75) is 33.9 Å². The van der Waals surface area contributed by atoms with Crippen LogP contribution in [0.4, 0.5) is 10.2 Å². The molecule has 0 aliphatic carbocycles. The number of halogens is 2. The van der Waals surface area contributed by atoms with Crippen molar-refractivity contribution in [1.29, 1.82) is 0 Å². The van der Waals surface area contributed by atoms with Gasteiger partial charge in [0.05, 0.1) is 12.1 Å². The summed E-state index contributed by atoms with van der Waals surface area (Å²) in [7, 11) is 0. The van der Waals surface area contributed by atoms with Gasteiger partial charge in [0.15, 0.2) is 11.5 Å². The summed E-state index contributed by atoms with van der Waals surface area (Å²) < 4.78 is 26.1. The third kappa shape index (κ3) is 5.06. The fourth-order valence-electron chi connectivity index (χ4n) is 3.33. The van der Waals surface area contributed by atoms with Crippen molar-refractivity contribution in [2.24, 2.45) is 0 Å². The fraction of sp³-hybridized carbons (Fsp3) is 0.208. The van der Waals surface area contributed by atoms with Gasteiger partial charge in [-0.15, -0.1) is 0 Å². The van der Waals surface area contributed by atoms with E-state index in [9.17, 15) is 9.18 Å². The molecular formula is C24H22ClFN4O3. The van der Waals surface area contributed by atoms with E-state index in [0.717, 1.165) is 17.0 Å². The van der Waals surface area contributed by atoms with Gasteiger partial charge in [0.1, 0.15) is 23.9 Å². The zero-order chi connectivity index (χ0) is 23.5. The Balaban J connectivity index is 1.48. The highest BCUT2D eigenvalue weighted by molar-refractivity contribution is 6.31. The average molecular weight is 469 g/mol. The van der Waals surface area contributed by atoms with E-state index in [0.29, 0.717) is 34.3 Å². The van der Waals surface area contributed by atoms with E-state index in [1.165, 1.54) is 12.1 Å². The largest absolute Gasteiger partial charge is 0.488 e. The van der Waals surface area contributed by atoms with E-state index in [-0.39, 0.29) is 12.3 Å². The van der Waals surface area contributed by atoms with Crippen LogP contribution in [0, 0.1) is 26.6 Å². The lowest BCUT2D eigenvalue weighted by molar-refractivity contribution is 0.101. The van der Waals surface area contributed by atoms with Gasteiger partial charge in [-0.1, -0.05) is 41.0 Å². The smallest absolute Gasteiger partial charge is 0.279 e. The minimum atomic E-state index is -0.459. The Bertz CT molecular complexity index is 1320. The first-order valence-corrected chi connectivity index (χ1v) is 10.6. The molecule has 2 aromatic heterocycles. The van der Waals surface area contributed by atoms with Gasteiger partial charge in [-0.25, -0.2) is 4.39 Å². The number of carbonyl (C=O) groups excluding carboxylic acids is 1. The van der Waals surface area contributed by atoms with Gasteiger partial charge >= 0.3 is 0 Å². The van der Waals surface area contributed by atoms with Gasteiger partial charge in [0.25, 0.3) is 5.91 Å². The molecular weight excluding hydrogens is 447 g/mol. The van der Waals surface area contributed by atoms with Crippen molar-refractivity contribution in [3.05, 3.63) is 93.2 Å². The quantitative estimate of drug-likeness (QED) is 0.389. The molecule has 0 fully saturated rings. The molecule has 0 spiro atoms. The summed E-state index contributed by atoms with van der Waals surface area (Å²) in [6.45, 7) is 5.99. The lowest BCUT2D eigenvalue weighted by atomic mass is 10.2. The molecule has 0 unspecified atom stereocenters. The number of nitrogens with zero attached hydrogens (tertiary/aromatic N) is 3. The lowest BCUT2D eigenvalue weighted by Gasteiger charge is -2.09. The second-order valence-corrected chi connectivity index (χ2v) is 8.05. The minimum Gasteiger partial charge on any atom is -0.488 e. The molecule has 0 radical (unpaired) electrons. The summed E-state index contributed by atoms with van der Waals surface area (Å²) in [6, 6.07) is 13.6. The molecule has 2 heterocycles. The van der Waals surface area contributed by atoms with Crippen molar-refractivity contribution in [1.82, 2.24) is 14.9 Å². The maximum Gasteiger partial charge on any atom is 0.279 e. The van der Waals surface area contributed by atoms with Crippen LogP contribution >= 0.6 is 11.6 Å². The maximum absolute atomic E-state index is 13.3. The average Bonchev–Trinajstić information content (AvgIpc) is 3.31. The van der Waals surface area contributed by atoms with Crippen LogP contribution in [0.25, 0.3) is 0 Å². The number of ether oxygens (including phenoxy) is 1. The lowest BCUT2D eigenvalue weighted by Crippen LogP contribution is -2.16. The number of rotatable bonds is 7. The van der Waals surface area contributed by atoms with E-state index >= 15 is 0 Å². The zero-order valence-electron chi connectivity index (χ0n) is 18.4. The van der Waals surface area contributed by atoms with Crippen molar-refractivity contribution in [3.8, 4) is 5.75 Å². The third-order valence-corrected chi connectivity index (χ3v) is 5.58. The van der Waals surface area contributed by atoms with Crippen molar-refractivity contribution >= 4 is 23.3 Å². The summed E-state index contributed by atoms with van der Waals surface area (Å²) in [5.74, 6) is 0.709. The number of hydrogen-bond acceptors (Lipinski definition) is 5. The Morgan fingerprint density at radius 2 is 1.97 bits per heavy atom. The Kier molecular flexibility index (Phi) is 6.46. The van der Waals surface area contributed by atoms with Crippen molar-refractivity contribution in [3.63, 3.8) is 0 Å². The fourth-order valence-corrected chi connectivity index (χ4v) is 3.55. The molecule has 4 rings (SSSR count). The molecule has 0 atom stereocenters. The molecule has 1 N–H and O–H groups in total. The molecule has 4 aromatic rings. The normalized spacial score (nSPS) is 10.9. The van der Waals surface area contributed by atoms with Gasteiger partial charge in [-0.3, -0.25) is 9.48 Å². The number of benzene rings is 2. The number of aromatic nitrogens is 3. The van der Waals surface area contributed by atoms with E-state index in [2.05, 4.69) is 15.6 Å². The van der Waals surface area contributed by atoms with Crippen LogP contribution < -0.4 is 10.1 Å². The highest BCUT2D eigenvalue weighted by Crippen LogP contribution is 2.23. The van der Waals surface area contributed by atoms with E-state index < -0.39 is 11.7 Å². The number of anilines is 1. The van der Waals surface area contributed by atoms with Gasteiger partial charge in [0, 0.05) is 16.8 Å². The number of nitrogens with one attached hydrogen (secondary N) is 1. The highest BCUT2D eigenvalue weighted by Gasteiger charge is 2.22. The van der Waals surface area contributed by atoms with Crippen LogP contribution in [0.3, 0.4) is 0 Å². The standard InChI is InChI=1S/C24H22ClFN4O3/c1-14-6-4-5-7-21(14)32-13-19-16(3)33-29-23(19)24(31)27-22-10-15(2)30(28-22)12-17-8-9-18(26)11-20(17)25/h4-11H,12-13H2,1-3H3,(H,27,28,31). The summed E-state index contributed by atoms with van der Waals surface area (Å²) in [5, 5.41) is 11.4. The SMILES string of the molecule is Cc1ccccc1OCc1c(C(=O)Nc2cc(C)n(Cc3ccc(F)cc3Cl)n2)noc1C. The molecule has 0 aliphatic heterocycles. The number of para-hydroxylation sites is 1. The number of carbonyl (C=O) groups is 1. The Labute approximate surface area is 195 Å². The summed E-state index contributed by atoms with van der Waals surface area (Å²) >= 11 is 6.12. The topological polar surface area (TPSA) is 82.2 Å². The molecule has 33 heavy (non-hydrogen) atoms. The van der Waals surface area contributed by atoms with E-state index in [4.69, 9.17) is 20.9 Å². The molecule has 1 amide bonds. The Morgan fingerprint density at radius 1 is 1.18 bits per heavy atom. The summed E-state index contributed by atoms with van der Waals surface area (Å²) in [6.07, 6.45) is 0. The zero-order valence-corrected chi connectivity index (χ0v) is 19.1. The molecule has 0 saturated carbocycles. The van der Waals surface area contributed by atoms with Gasteiger partial charge < -0.3 is 14.6 Å². The molecule has 170 valence electrons. The van der Waals surface area contributed by atoms with E-state index in [1.54, 1.807) is 23.7 Å². The van der Waals surface area contributed by atoms with Crippen molar-refractivity contribution in [2.75, 3.05) is 5.32 Å². The first kappa shape index (κ1) is 22.5. The first-order chi connectivity index (χ1) is 15.8. The molecule has 0 aliphatic rings. The van der Waals surface area contributed by atoms with Gasteiger partial charge in [-0.05, 0) is 50.1 Å². The first-order valence-electron chi connectivity index (χ1n) is 10.2. The Hall–Kier alpha value is -3.65. The predicted molar refractivity (Wildman–Crippen MR) is 122 cm³/mol. The van der Waals surface area contributed by atoms with Crippen molar-refractivity contribution < 1.29 is 18.4 Å². The van der Waals surface area contributed by atoms with Crippen LogP contribution in [0.5, 0.6) is 5.75 Å². The molecule has 0 saturated heterocycles. The second kappa shape index (κ2) is 9.46. The van der Waals surface area contributed by atoms with E-state index in [1.807, 2.05) is 38.1 Å². The summed E-state index contributed by atoms with van der Waals surface area (Å²) in [4.78, 5) is 12.9. The molecule has 2 aromatic carbocycles. The molecule has 9 heteroatoms. The van der Waals surface area contributed by atoms with Crippen LogP contribution in [-0.4, -0.2) is 20.8 Å². The second-order valence-electron chi connectivity index (χ2n) is 7.64. The molecule has 0 bridgehead atoms. The molecule has 7 nitrogen and oxygen atoms in total. The van der Waals surface area contributed by atoms with Gasteiger partial charge in [0.2, 0.25) is 0 Å². The van der Waals surface area contributed by atoms with Crippen LogP contribution in [-0.2, 0) is 13.2 Å². The predicted octanol–water partition coefficient (Wildman–Crippen LogP) is 5.47. The van der Waals surface area contributed by atoms with Crippen LogP contribution in [0.2, 0.25) is 5.02 Å². The number of amides is 1. The van der Waals surface area contributed by atoms with Crippen LogP contribution in [0.1, 0.15) is 38.6 Å². The summed E-state index contributed by atoms with van der Waals surface area (Å²) in [5.41, 5.74) is 3.19. The van der Waals surface area contributed by atoms with Crippen LogP contribution in [0.15, 0.2) is 53.1 Å². The van der Waals surface area contributed by atoms with Gasteiger partial charge in [-0.2, -0.15) is 5.10 Å². The monoisotopic (exact) mass is 468 g/mol. The number of aryl methyl sites for hydroxylation is 3. The third-order valence-electron chi connectivity index (χ3n) is 5.22. The Morgan fingerprint density at radius 3 is 2.73 bits per heavy atom.